The Morgan fingerprint density at radius 2 is 2.17 bits per heavy atom. The van der Waals surface area contributed by atoms with Gasteiger partial charge in [0.1, 0.15) is 0 Å². The zero-order valence-corrected chi connectivity index (χ0v) is 14.0. The van der Waals surface area contributed by atoms with Crippen LogP contribution in [0.3, 0.4) is 0 Å². The van der Waals surface area contributed by atoms with Crippen LogP contribution in [0.2, 0.25) is 0 Å². The molecule has 6 nitrogen and oxygen atoms in total. The van der Waals surface area contributed by atoms with Crippen LogP contribution < -0.4 is 0 Å². The molecule has 0 saturated carbocycles. The Labute approximate surface area is 140 Å². The zero-order valence-electron chi connectivity index (χ0n) is 14.0. The summed E-state index contributed by atoms with van der Waals surface area (Å²) in [6.45, 7) is 5.42. The van der Waals surface area contributed by atoms with E-state index in [1.54, 1.807) is 0 Å². The first-order chi connectivity index (χ1) is 11.6. The van der Waals surface area contributed by atoms with Crippen LogP contribution in [0.4, 0.5) is 0 Å². The lowest BCUT2D eigenvalue weighted by Gasteiger charge is -2.24. The van der Waals surface area contributed by atoms with Crippen LogP contribution in [0.5, 0.6) is 0 Å². The van der Waals surface area contributed by atoms with Crippen molar-refractivity contribution in [3.63, 3.8) is 0 Å². The Balaban J connectivity index is 1.57. The van der Waals surface area contributed by atoms with Gasteiger partial charge < -0.3 is 14.5 Å². The van der Waals surface area contributed by atoms with E-state index in [-0.39, 0.29) is 11.9 Å². The SMILES string of the molecule is Cc1nc(C(=O)N2CCCC2Cn2cnc3ccccc32)[nH]c1C. The smallest absolute Gasteiger partial charge is 0.289 e. The van der Waals surface area contributed by atoms with Gasteiger partial charge in [0.2, 0.25) is 0 Å². The van der Waals surface area contributed by atoms with Gasteiger partial charge in [0, 0.05) is 18.8 Å². The molecular formula is C18H21N5O. The molecule has 1 aliphatic heterocycles. The minimum atomic E-state index is -0.00174. The number of amides is 1. The van der Waals surface area contributed by atoms with Crippen molar-refractivity contribution in [3.8, 4) is 0 Å². The predicted octanol–water partition coefficient (Wildman–Crippen LogP) is 2.68. The second kappa shape index (κ2) is 5.78. The van der Waals surface area contributed by atoms with Crippen LogP contribution >= 0.6 is 0 Å². The number of fused-ring (bicyclic) bond motifs is 1. The molecule has 1 saturated heterocycles. The molecule has 1 atom stereocenters. The Bertz CT molecular complexity index is 874. The first-order valence-corrected chi connectivity index (χ1v) is 8.37. The molecule has 124 valence electrons. The second-order valence-corrected chi connectivity index (χ2v) is 6.48. The van der Waals surface area contributed by atoms with Gasteiger partial charge in [-0.15, -0.1) is 0 Å². The summed E-state index contributed by atoms with van der Waals surface area (Å²) in [7, 11) is 0. The van der Waals surface area contributed by atoms with E-state index in [1.165, 1.54) is 0 Å². The predicted molar refractivity (Wildman–Crippen MR) is 91.9 cm³/mol. The number of hydrogen-bond acceptors (Lipinski definition) is 3. The fourth-order valence-electron chi connectivity index (χ4n) is 3.46. The van der Waals surface area contributed by atoms with E-state index >= 15 is 0 Å². The molecule has 1 fully saturated rings. The highest BCUT2D eigenvalue weighted by Crippen LogP contribution is 2.23. The summed E-state index contributed by atoms with van der Waals surface area (Å²) in [5.74, 6) is 0.450. The van der Waals surface area contributed by atoms with Gasteiger partial charge >= 0.3 is 0 Å². The fraction of sp³-hybridized carbons (Fsp3) is 0.389. The molecule has 6 heteroatoms. The van der Waals surface area contributed by atoms with Crippen LogP contribution in [-0.4, -0.2) is 42.9 Å². The number of aromatic amines is 1. The van der Waals surface area contributed by atoms with Crippen molar-refractivity contribution in [2.45, 2.75) is 39.3 Å². The van der Waals surface area contributed by atoms with Gasteiger partial charge in [-0.1, -0.05) is 12.1 Å². The van der Waals surface area contributed by atoms with Crippen molar-refractivity contribution in [1.82, 2.24) is 24.4 Å². The van der Waals surface area contributed by atoms with Gasteiger partial charge in [-0.2, -0.15) is 0 Å². The highest BCUT2D eigenvalue weighted by molar-refractivity contribution is 5.91. The Morgan fingerprint density at radius 1 is 1.33 bits per heavy atom. The number of rotatable bonds is 3. The first kappa shape index (κ1) is 14.9. The summed E-state index contributed by atoms with van der Waals surface area (Å²) in [4.78, 5) is 26.7. The molecule has 1 N–H and O–H groups in total. The summed E-state index contributed by atoms with van der Waals surface area (Å²) >= 11 is 0. The number of nitrogens with zero attached hydrogens (tertiary/aromatic N) is 4. The summed E-state index contributed by atoms with van der Waals surface area (Å²) in [6.07, 6.45) is 3.91. The average Bonchev–Trinajstić information content (AvgIpc) is 3.28. The molecule has 1 amide bonds. The number of nitrogens with one attached hydrogen (secondary N) is 1. The third-order valence-electron chi connectivity index (χ3n) is 4.90. The van der Waals surface area contributed by atoms with Gasteiger partial charge in [0.15, 0.2) is 5.82 Å². The van der Waals surface area contributed by atoms with Gasteiger partial charge in [-0.25, -0.2) is 9.97 Å². The summed E-state index contributed by atoms with van der Waals surface area (Å²) in [5, 5.41) is 0. The fourth-order valence-corrected chi connectivity index (χ4v) is 3.46. The summed E-state index contributed by atoms with van der Waals surface area (Å²) in [5.41, 5.74) is 3.94. The van der Waals surface area contributed by atoms with E-state index in [0.29, 0.717) is 5.82 Å². The molecule has 0 spiro atoms. The molecule has 0 radical (unpaired) electrons. The molecule has 1 aromatic carbocycles. The Hall–Kier alpha value is -2.63. The number of carbonyl (C=O) groups excluding carboxylic acids is 1. The van der Waals surface area contributed by atoms with Crippen LogP contribution in [0, 0.1) is 13.8 Å². The number of aromatic nitrogens is 4. The monoisotopic (exact) mass is 323 g/mol. The Morgan fingerprint density at radius 3 is 2.96 bits per heavy atom. The average molecular weight is 323 g/mol. The van der Waals surface area contributed by atoms with Crippen LogP contribution in [0.1, 0.15) is 34.8 Å². The molecule has 4 rings (SSSR count). The number of imidazole rings is 2. The topological polar surface area (TPSA) is 66.8 Å². The van der Waals surface area contributed by atoms with Crippen LogP contribution in [0.25, 0.3) is 11.0 Å². The third-order valence-corrected chi connectivity index (χ3v) is 4.90. The van der Waals surface area contributed by atoms with E-state index < -0.39 is 0 Å². The summed E-state index contributed by atoms with van der Waals surface area (Å²) < 4.78 is 2.14. The minimum absolute atomic E-state index is 0.00174. The zero-order chi connectivity index (χ0) is 16.7. The maximum Gasteiger partial charge on any atom is 0.289 e. The van der Waals surface area contributed by atoms with E-state index in [4.69, 9.17) is 0 Å². The lowest BCUT2D eigenvalue weighted by atomic mass is 10.2. The molecule has 24 heavy (non-hydrogen) atoms. The van der Waals surface area contributed by atoms with Crippen molar-refractivity contribution in [3.05, 3.63) is 47.8 Å². The van der Waals surface area contributed by atoms with Crippen LogP contribution in [0.15, 0.2) is 30.6 Å². The second-order valence-electron chi connectivity index (χ2n) is 6.48. The number of aryl methyl sites for hydroxylation is 2. The number of carbonyl (C=O) groups is 1. The van der Waals surface area contributed by atoms with Crippen LogP contribution in [-0.2, 0) is 6.54 Å². The lowest BCUT2D eigenvalue weighted by molar-refractivity contribution is 0.0713. The molecular weight excluding hydrogens is 302 g/mol. The van der Waals surface area contributed by atoms with Crippen molar-refractivity contribution >= 4 is 16.9 Å². The standard InChI is InChI=1S/C18H21N5O/c1-12-13(2)21-17(20-12)18(24)23-9-5-6-14(23)10-22-11-19-15-7-3-4-8-16(15)22/h3-4,7-8,11,14H,5-6,9-10H2,1-2H3,(H,20,21). The largest absolute Gasteiger partial charge is 0.338 e. The quantitative estimate of drug-likeness (QED) is 0.806. The van der Waals surface area contributed by atoms with Gasteiger partial charge in [-0.05, 0) is 38.8 Å². The summed E-state index contributed by atoms with van der Waals surface area (Å²) in [6, 6.07) is 8.28. The van der Waals surface area contributed by atoms with Crippen molar-refractivity contribution in [1.29, 1.82) is 0 Å². The highest BCUT2D eigenvalue weighted by atomic mass is 16.2. The number of likely N-dealkylation sites (tertiary alicyclic amines) is 1. The molecule has 2 aromatic heterocycles. The number of hydrogen-bond donors (Lipinski definition) is 1. The lowest BCUT2D eigenvalue weighted by Crippen LogP contribution is -2.38. The Kier molecular flexibility index (Phi) is 3.59. The molecule has 3 aromatic rings. The molecule has 0 bridgehead atoms. The van der Waals surface area contributed by atoms with Crippen molar-refractivity contribution in [2.24, 2.45) is 0 Å². The van der Waals surface area contributed by atoms with E-state index in [9.17, 15) is 4.79 Å². The first-order valence-electron chi connectivity index (χ1n) is 8.37. The molecule has 3 heterocycles. The molecule has 0 aliphatic carbocycles. The van der Waals surface area contributed by atoms with Gasteiger partial charge in [0.25, 0.3) is 5.91 Å². The van der Waals surface area contributed by atoms with E-state index in [2.05, 4.69) is 25.6 Å². The van der Waals surface area contributed by atoms with Gasteiger partial charge in [0.05, 0.1) is 29.1 Å². The molecule has 1 unspecified atom stereocenters. The molecule has 1 aliphatic rings. The number of benzene rings is 1. The normalized spacial score (nSPS) is 17.8. The van der Waals surface area contributed by atoms with Crippen molar-refractivity contribution < 1.29 is 4.79 Å². The minimum Gasteiger partial charge on any atom is -0.338 e. The maximum atomic E-state index is 12.8. The number of H-pyrrole nitrogens is 1. The highest BCUT2D eigenvalue weighted by Gasteiger charge is 2.31. The number of para-hydroxylation sites is 2. The van der Waals surface area contributed by atoms with Gasteiger partial charge in [-0.3, -0.25) is 4.79 Å². The maximum absolute atomic E-state index is 12.8. The van der Waals surface area contributed by atoms with E-state index in [1.807, 2.05) is 43.3 Å². The third kappa shape index (κ3) is 2.48. The van der Waals surface area contributed by atoms with Crippen molar-refractivity contribution in [2.75, 3.05) is 6.54 Å². The van der Waals surface area contributed by atoms with E-state index in [0.717, 1.165) is 48.4 Å².